The molecule has 4 amide bonds. The Hall–Kier alpha value is -2.32. The number of carboxylic acids is 1. The Morgan fingerprint density at radius 3 is 2.38 bits per heavy atom. The van der Waals surface area contributed by atoms with Crippen LogP contribution >= 0.6 is 0 Å². The van der Waals surface area contributed by atoms with Gasteiger partial charge in [0.05, 0.1) is 12.3 Å². The lowest BCUT2D eigenvalue weighted by Crippen LogP contribution is -2.55. The zero-order valence-electron chi connectivity index (χ0n) is 11.7. The van der Waals surface area contributed by atoms with Gasteiger partial charge in [-0.1, -0.05) is 0 Å². The second kappa shape index (κ2) is 6.91. The van der Waals surface area contributed by atoms with Crippen molar-refractivity contribution in [3.8, 4) is 0 Å². The van der Waals surface area contributed by atoms with E-state index in [2.05, 4.69) is 5.32 Å². The van der Waals surface area contributed by atoms with Crippen molar-refractivity contribution in [3.63, 3.8) is 0 Å². The van der Waals surface area contributed by atoms with Gasteiger partial charge in [0.25, 0.3) is 0 Å². The van der Waals surface area contributed by atoms with Crippen molar-refractivity contribution in [3.05, 3.63) is 0 Å². The molecule has 0 bridgehead atoms. The Bertz CT molecular complexity index is 453. The summed E-state index contributed by atoms with van der Waals surface area (Å²) in [5, 5.41) is 11.2. The van der Waals surface area contributed by atoms with Crippen molar-refractivity contribution in [1.82, 2.24) is 10.2 Å². The highest BCUT2D eigenvalue weighted by atomic mass is 16.4. The Balaban J connectivity index is 2.73. The van der Waals surface area contributed by atoms with Crippen molar-refractivity contribution >= 4 is 23.8 Å². The number of carbonyl (C=O) groups excluding carboxylic acids is 3. The van der Waals surface area contributed by atoms with Gasteiger partial charge in [0.1, 0.15) is 6.04 Å². The number of urea groups is 1. The molecule has 0 radical (unpaired) electrons. The number of nitrogens with two attached hydrogens (primary N) is 2. The van der Waals surface area contributed by atoms with Crippen molar-refractivity contribution in [1.29, 1.82) is 0 Å². The molecule has 2 unspecified atom stereocenters. The summed E-state index contributed by atoms with van der Waals surface area (Å²) >= 11 is 0. The van der Waals surface area contributed by atoms with Crippen molar-refractivity contribution in [2.45, 2.75) is 38.3 Å². The number of amides is 4. The van der Waals surface area contributed by atoms with E-state index in [1.54, 1.807) is 6.92 Å². The second-order valence-electron chi connectivity index (χ2n) is 5.19. The third kappa shape index (κ3) is 4.62. The molecule has 9 heteroatoms. The van der Waals surface area contributed by atoms with Gasteiger partial charge in [-0.25, -0.2) is 9.59 Å². The molecule has 118 valence electrons. The first-order valence-electron chi connectivity index (χ1n) is 6.60. The fourth-order valence-electron chi connectivity index (χ4n) is 2.26. The predicted octanol–water partition coefficient (Wildman–Crippen LogP) is -1.39. The molecule has 1 fully saturated rings. The number of nitrogens with one attached hydrogen (secondary N) is 1. The zero-order valence-corrected chi connectivity index (χ0v) is 11.7. The summed E-state index contributed by atoms with van der Waals surface area (Å²) in [6, 6.07) is -2.19. The molecular formula is C12H20N4O5. The molecule has 1 aliphatic rings. The lowest BCUT2D eigenvalue weighted by Gasteiger charge is -2.37. The summed E-state index contributed by atoms with van der Waals surface area (Å²) in [4.78, 5) is 46.5. The molecule has 1 aliphatic heterocycles. The molecule has 1 saturated heterocycles. The molecule has 0 aromatic heterocycles. The van der Waals surface area contributed by atoms with Gasteiger partial charge < -0.3 is 26.8 Å². The van der Waals surface area contributed by atoms with E-state index in [-0.39, 0.29) is 12.6 Å². The summed E-state index contributed by atoms with van der Waals surface area (Å²) in [5.74, 6) is -3.12. The monoisotopic (exact) mass is 300 g/mol. The normalized spacial score (nSPS) is 23.2. The summed E-state index contributed by atoms with van der Waals surface area (Å²) < 4.78 is 0. The van der Waals surface area contributed by atoms with Crippen LogP contribution in [0.25, 0.3) is 0 Å². The molecule has 6 N–H and O–H groups in total. The fraction of sp³-hybridized carbons (Fsp3) is 0.667. The molecule has 0 aromatic carbocycles. The van der Waals surface area contributed by atoms with Crippen LogP contribution in [0, 0.1) is 5.92 Å². The minimum absolute atomic E-state index is 0.130. The van der Waals surface area contributed by atoms with Gasteiger partial charge in [0, 0.05) is 12.6 Å². The van der Waals surface area contributed by atoms with E-state index in [4.69, 9.17) is 16.6 Å². The van der Waals surface area contributed by atoms with Gasteiger partial charge in [-0.2, -0.15) is 0 Å². The second-order valence-corrected chi connectivity index (χ2v) is 5.19. The number of nitrogens with zero attached hydrogens (tertiary/aromatic N) is 1. The minimum atomic E-state index is -1.39. The highest BCUT2D eigenvalue weighted by Gasteiger charge is 2.33. The summed E-state index contributed by atoms with van der Waals surface area (Å²) in [6.45, 7) is 1.92. The third-order valence-electron chi connectivity index (χ3n) is 3.55. The molecule has 1 rings (SSSR count). The van der Waals surface area contributed by atoms with Crippen LogP contribution in [0.2, 0.25) is 0 Å². The molecule has 3 atom stereocenters. The quantitative estimate of drug-likeness (QED) is 0.492. The molecular weight excluding hydrogens is 280 g/mol. The maximum atomic E-state index is 12.1. The number of hydrogen-bond acceptors (Lipinski definition) is 4. The number of likely N-dealkylation sites (tertiary alicyclic amines) is 1. The molecule has 0 aromatic rings. The van der Waals surface area contributed by atoms with Gasteiger partial charge in [0.2, 0.25) is 11.8 Å². The predicted molar refractivity (Wildman–Crippen MR) is 71.9 cm³/mol. The number of carbonyl (C=O) groups is 4. The first kappa shape index (κ1) is 16.7. The smallest absolute Gasteiger partial charge is 0.326 e. The minimum Gasteiger partial charge on any atom is -0.480 e. The number of piperidine rings is 1. The number of rotatable bonds is 5. The first-order valence-corrected chi connectivity index (χ1v) is 6.60. The summed E-state index contributed by atoms with van der Waals surface area (Å²) in [5.41, 5.74) is 10.2. The summed E-state index contributed by atoms with van der Waals surface area (Å²) in [7, 11) is 0. The van der Waals surface area contributed by atoms with Crippen LogP contribution in [-0.4, -0.2) is 52.4 Å². The van der Waals surface area contributed by atoms with E-state index in [1.165, 1.54) is 4.90 Å². The Labute approximate surface area is 121 Å². The average Bonchev–Trinajstić information content (AvgIpc) is 2.37. The van der Waals surface area contributed by atoms with Gasteiger partial charge in [-0.3, -0.25) is 9.59 Å². The zero-order chi connectivity index (χ0) is 16.2. The SMILES string of the molecule is CC1CCC(C(N)=O)CN1C(=O)N[C@H](CC(N)=O)C(=O)O. The summed E-state index contributed by atoms with van der Waals surface area (Å²) in [6.07, 6.45) is 0.682. The standard InChI is InChI=1S/C12H20N4O5/c1-6-2-3-7(10(14)18)5-16(6)12(21)15-8(11(19)20)4-9(13)17/h6-8H,2-5H2,1H3,(H2,13,17)(H2,14,18)(H,15,21)(H,19,20)/t6?,7?,8-/m1/s1. The third-order valence-corrected chi connectivity index (χ3v) is 3.55. The Morgan fingerprint density at radius 2 is 1.90 bits per heavy atom. The fourth-order valence-corrected chi connectivity index (χ4v) is 2.26. The highest BCUT2D eigenvalue weighted by molar-refractivity contribution is 5.88. The molecule has 0 spiro atoms. The largest absolute Gasteiger partial charge is 0.480 e. The van der Waals surface area contributed by atoms with Crippen LogP contribution in [0.5, 0.6) is 0 Å². The van der Waals surface area contributed by atoms with Crippen molar-refractivity contribution < 1.29 is 24.3 Å². The number of aliphatic carboxylic acids is 1. The molecule has 0 saturated carbocycles. The van der Waals surface area contributed by atoms with E-state index in [0.29, 0.717) is 12.8 Å². The topological polar surface area (TPSA) is 156 Å². The van der Waals surface area contributed by atoms with Crippen LogP contribution < -0.4 is 16.8 Å². The lowest BCUT2D eigenvalue weighted by atomic mass is 9.93. The highest BCUT2D eigenvalue weighted by Crippen LogP contribution is 2.21. The van der Waals surface area contributed by atoms with Crippen LogP contribution in [-0.2, 0) is 14.4 Å². The van der Waals surface area contributed by atoms with E-state index in [9.17, 15) is 19.2 Å². The number of hydrogen-bond donors (Lipinski definition) is 4. The van der Waals surface area contributed by atoms with Crippen molar-refractivity contribution in [2.24, 2.45) is 17.4 Å². The van der Waals surface area contributed by atoms with E-state index in [1.807, 2.05) is 0 Å². The maximum absolute atomic E-state index is 12.1. The Morgan fingerprint density at radius 1 is 1.29 bits per heavy atom. The lowest BCUT2D eigenvalue weighted by molar-refractivity contribution is -0.141. The van der Waals surface area contributed by atoms with E-state index in [0.717, 1.165) is 0 Å². The van der Waals surface area contributed by atoms with E-state index >= 15 is 0 Å². The molecule has 9 nitrogen and oxygen atoms in total. The number of carboxylic acid groups (broad SMARTS) is 1. The Kier molecular flexibility index (Phi) is 5.51. The van der Waals surface area contributed by atoms with Gasteiger partial charge in [0.15, 0.2) is 0 Å². The van der Waals surface area contributed by atoms with Crippen LogP contribution in [0.1, 0.15) is 26.2 Å². The van der Waals surface area contributed by atoms with Crippen molar-refractivity contribution in [2.75, 3.05) is 6.54 Å². The van der Waals surface area contributed by atoms with Gasteiger partial charge in [-0.15, -0.1) is 0 Å². The maximum Gasteiger partial charge on any atom is 0.326 e. The van der Waals surface area contributed by atoms with Gasteiger partial charge >= 0.3 is 12.0 Å². The van der Waals surface area contributed by atoms with Gasteiger partial charge in [-0.05, 0) is 19.8 Å². The molecule has 0 aliphatic carbocycles. The van der Waals surface area contributed by atoms with Crippen LogP contribution in [0.3, 0.4) is 0 Å². The molecule has 1 heterocycles. The molecule has 21 heavy (non-hydrogen) atoms. The first-order chi connectivity index (χ1) is 9.72. The van der Waals surface area contributed by atoms with E-state index < -0.39 is 42.2 Å². The number of primary amides is 2. The van der Waals surface area contributed by atoms with Crippen LogP contribution in [0.15, 0.2) is 0 Å². The average molecular weight is 300 g/mol. The van der Waals surface area contributed by atoms with Crippen LogP contribution in [0.4, 0.5) is 4.79 Å².